The number of carbonyl (C=O) groups is 2. The lowest BCUT2D eigenvalue weighted by molar-refractivity contribution is 0.0987. The number of anilines is 1. The summed E-state index contributed by atoms with van der Waals surface area (Å²) >= 11 is 3.12. The van der Waals surface area contributed by atoms with Gasteiger partial charge in [0.15, 0.2) is 10.4 Å². The molecule has 6 heteroatoms. The van der Waals surface area contributed by atoms with Gasteiger partial charge in [0, 0.05) is 11.3 Å². The topological polar surface area (TPSA) is 85.3 Å². The highest BCUT2D eigenvalue weighted by Gasteiger charge is 2.14. The van der Waals surface area contributed by atoms with Crippen molar-refractivity contribution < 1.29 is 14.0 Å². The molecular formula is C13H11BrN2O3. The van der Waals surface area contributed by atoms with Gasteiger partial charge in [-0.25, -0.2) is 0 Å². The van der Waals surface area contributed by atoms with Gasteiger partial charge >= 0.3 is 0 Å². The Balaban J connectivity index is 2.27. The van der Waals surface area contributed by atoms with E-state index >= 15 is 0 Å². The van der Waals surface area contributed by atoms with Crippen molar-refractivity contribution in [2.24, 2.45) is 5.73 Å². The fraction of sp³-hybridized carbons (Fsp3) is 0.0769. The number of primary amides is 1. The first-order valence-corrected chi connectivity index (χ1v) is 6.24. The first-order chi connectivity index (χ1) is 8.99. The Hall–Kier alpha value is -2.08. The minimum absolute atomic E-state index is 0.177. The molecule has 2 aromatic rings. The van der Waals surface area contributed by atoms with E-state index in [9.17, 15) is 9.59 Å². The van der Waals surface area contributed by atoms with Crippen LogP contribution in [0.3, 0.4) is 0 Å². The van der Waals surface area contributed by atoms with Crippen molar-refractivity contribution in [1.82, 2.24) is 0 Å². The second-order valence-electron chi connectivity index (χ2n) is 3.90. The second-order valence-corrected chi connectivity index (χ2v) is 4.68. The number of nitrogens with one attached hydrogen (secondary N) is 1. The number of nitrogens with two attached hydrogens (primary N) is 1. The molecule has 0 unspecified atom stereocenters. The van der Waals surface area contributed by atoms with Gasteiger partial charge in [0.05, 0.1) is 0 Å². The quantitative estimate of drug-likeness (QED) is 0.911. The van der Waals surface area contributed by atoms with Crippen LogP contribution in [0.2, 0.25) is 0 Å². The molecule has 0 spiro atoms. The third-order valence-corrected chi connectivity index (χ3v) is 3.07. The van der Waals surface area contributed by atoms with Crippen LogP contribution in [-0.2, 0) is 0 Å². The average Bonchev–Trinajstić information content (AvgIpc) is 2.78. The first kappa shape index (κ1) is 13.4. The number of furan rings is 1. The van der Waals surface area contributed by atoms with Gasteiger partial charge in [-0.3, -0.25) is 9.59 Å². The van der Waals surface area contributed by atoms with Gasteiger partial charge in [-0.05, 0) is 52.7 Å². The maximum Gasteiger partial charge on any atom is 0.291 e. The molecule has 0 aliphatic rings. The van der Waals surface area contributed by atoms with Crippen LogP contribution < -0.4 is 11.1 Å². The van der Waals surface area contributed by atoms with Crippen molar-refractivity contribution in [3.05, 3.63) is 51.9 Å². The highest BCUT2D eigenvalue weighted by atomic mass is 79.9. The van der Waals surface area contributed by atoms with E-state index in [1.165, 1.54) is 0 Å². The predicted molar refractivity (Wildman–Crippen MR) is 74.1 cm³/mol. The third-order valence-electron chi connectivity index (χ3n) is 2.64. The van der Waals surface area contributed by atoms with Crippen LogP contribution in [0.1, 0.15) is 26.5 Å². The van der Waals surface area contributed by atoms with Crippen molar-refractivity contribution >= 4 is 33.4 Å². The summed E-state index contributed by atoms with van der Waals surface area (Å²) in [7, 11) is 0. The zero-order valence-electron chi connectivity index (χ0n) is 10.1. The number of hydrogen-bond acceptors (Lipinski definition) is 3. The molecule has 2 rings (SSSR count). The summed E-state index contributed by atoms with van der Waals surface area (Å²) in [6, 6.07) is 8.13. The summed E-state index contributed by atoms with van der Waals surface area (Å²) in [6.07, 6.45) is 0. The van der Waals surface area contributed by atoms with Gasteiger partial charge in [-0.1, -0.05) is 6.07 Å². The van der Waals surface area contributed by atoms with Gasteiger partial charge in [-0.2, -0.15) is 0 Å². The Bertz CT molecular complexity index is 649. The van der Waals surface area contributed by atoms with Crippen molar-refractivity contribution in [3.8, 4) is 0 Å². The SMILES string of the molecule is Cc1c(NC(=O)c2ccc(Br)o2)cccc1C(N)=O. The van der Waals surface area contributed by atoms with Crippen LogP contribution in [0.5, 0.6) is 0 Å². The zero-order valence-corrected chi connectivity index (χ0v) is 11.7. The smallest absolute Gasteiger partial charge is 0.291 e. The van der Waals surface area contributed by atoms with Crippen molar-refractivity contribution in [2.75, 3.05) is 5.32 Å². The van der Waals surface area contributed by atoms with Crippen LogP contribution in [0.15, 0.2) is 39.4 Å². The molecule has 2 amide bonds. The van der Waals surface area contributed by atoms with Crippen molar-refractivity contribution in [1.29, 1.82) is 0 Å². The minimum Gasteiger partial charge on any atom is -0.444 e. The minimum atomic E-state index is -0.533. The molecule has 0 bridgehead atoms. The number of rotatable bonds is 3. The molecule has 0 saturated carbocycles. The van der Waals surface area contributed by atoms with Crippen molar-refractivity contribution in [3.63, 3.8) is 0 Å². The molecule has 1 heterocycles. The summed E-state index contributed by atoms with van der Waals surface area (Å²) in [6.45, 7) is 1.72. The Labute approximate surface area is 117 Å². The standard InChI is InChI=1S/C13H11BrN2O3/c1-7-8(12(15)17)3-2-4-9(7)16-13(18)10-5-6-11(14)19-10/h2-6H,1H3,(H2,15,17)(H,16,18). The Morgan fingerprint density at radius 1 is 1.26 bits per heavy atom. The van der Waals surface area contributed by atoms with E-state index in [0.29, 0.717) is 21.5 Å². The molecular weight excluding hydrogens is 312 g/mol. The molecule has 0 aliphatic heterocycles. The first-order valence-electron chi connectivity index (χ1n) is 5.45. The number of carbonyl (C=O) groups excluding carboxylic acids is 2. The maximum absolute atomic E-state index is 11.9. The lowest BCUT2D eigenvalue weighted by atomic mass is 10.1. The van der Waals surface area contributed by atoms with E-state index < -0.39 is 11.8 Å². The van der Waals surface area contributed by atoms with Gasteiger partial charge in [0.25, 0.3) is 5.91 Å². The largest absolute Gasteiger partial charge is 0.444 e. The Morgan fingerprint density at radius 3 is 2.58 bits per heavy atom. The summed E-state index contributed by atoms with van der Waals surface area (Å²) in [5.41, 5.74) is 6.77. The molecule has 0 radical (unpaired) electrons. The fourth-order valence-corrected chi connectivity index (χ4v) is 1.96. The fourth-order valence-electron chi connectivity index (χ4n) is 1.66. The molecule has 0 aliphatic carbocycles. The third kappa shape index (κ3) is 2.85. The Morgan fingerprint density at radius 2 is 2.00 bits per heavy atom. The highest BCUT2D eigenvalue weighted by Crippen LogP contribution is 2.20. The number of halogens is 1. The van der Waals surface area contributed by atoms with E-state index in [0.717, 1.165) is 0 Å². The van der Waals surface area contributed by atoms with Crippen LogP contribution in [-0.4, -0.2) is 11.8 Å². The van der Waals surface area contributed by atoms with E-state index in [1.54, 1.807) is 37.3 Å². The molecule has 3 N–H and O–H groups in total. The molecule has 0 atom stereocenters. The predicted octanol–water partition coefficient (Wildman–Crippen LogP) is 2.70. The molecule has 0 fully saturated rings. The molecule has 1 aromatic carbocycles. The maximum atomic E-state index is 11.9. The molecule has 1 aromatic heterocycles. The summed E-state index contributed by atoms with van der Waals surface area (Å²) < 4.78 is 5.62. The average molecular weight is 323 g/mol. The van der Waals surface area contributed by atoms with E-state index in [4.69, 9.17) is 10.2 Å². The monoisotopic (exact) mass is 322 g/mol. The van der Waals surface area contributed by atoms with Gasteiger partial charge in [0.2, 0.25) is 5.91 Å². The van der Waals surface area contributed by atoms with E-state index in [-0.39, 0.29) is 5.76 Å². The molecule has 0 saturated heterocycles. The lowest BCUT2D eigenvalue weighted by Crippen LogP contribution is -2.16. The van der Waals surface area contributed by atoms with Crippen molar-refractivity contribution in [2.45, 2.75) is 6.92 Å². The van der Waals surface area contributed by atoms with Crippen LogP contribution in [0.4, 0.5) is 5.69 Å². The number of hydrogen-bond donors (Lipinski definition) is 2. The second kappa shape index (κ2) is 5.27. The summed E-state index contributed by atoms with van der Waals surface area (Å²) in [5, 5.41) is 2.67. The number of amides is 2. The summed E-state index contributed by atoms with van der Waals surface area (Å²) in [4.78, 5) is 23.1. The number of benzene rings is 1. The molecule has 5 nitrogen and oxygen atoms in total. The van der Waals surface area contributed by atoms with Gasteiger partial charge < -0.3 is 15.5 Å². The van der Waals surface area contributed by atoms with E-state index in [1.807, 2.05) is 0 Å². The van der Waals surface area contributed by atoms with Crippen LogP contribution in [0, 0.1) is 6.92 Å². The lowest BCUT2D eigenvalue weighted by Gasteiger charge is -2.09. The van der Waals surface area contributed by atoms with Gasteiger partial charge in [-0.15, -0.1) is 0 Å². The zero-order chi connectivity index (χ0) is 14.0. The Kier molecular flexibility index (Phi) is 3.71. The molecule has 19 heavy (non-hydrogen) atoms. The van der Waals surface area contributed by atoms with E-state index in [2.05, 4.69) is 21.2 Å². The normalized spacial score (nSPS) is 10.2. The van der Waals surface area contributed by atoms with Crippen LogP contribution in [0.25, 0.3) is 0 Å². The summed E-state index contributed by atoms with van der Waals surface area (Å²) in [5.74, 6) is -0.750. The van der Waals surface area contributed by atoms with Crippen LogP contribution >= 0.6 is 15.9 Å². The molecule has 98 valence electrons. The highest BCUT2D eigenvalue weighted by molar-refractivity contribution is 9.10. The van der Waals surface area contributed by atoms with Gasteiger partial charge in [0.1, 0.15) is 0 Å².